The molecule has 0 radical (unpaired) electrons. The Bertz CT molecular complexity index is 788. The zero-order valence-corrected chi connectivity index (χ0v) is 16.2. The molecule has 0 fully saturated rings. The van der Waals surface area contributed by atoms with Gasteiger partial charge in [-0.2, -0.15) is 0 Å². The van der Waals surface area contributed by atoms with Crippen molar-refractivity contribution in [3.63, 3.8) is 0 Å². The van der Waals surface area contributed by atoms with Crippen LogP contribution in [0.1, 0.15) is 25.0 Å². The predicted molar refractivity (Wildman–Crippen MR) is 105 cm³/mol. The second-order valence-corrected chi connectivity index (χ2v) is 7.05. The number of carbonyl (C=O) groups excluding carboxylic acids is 2. The highest BCUT2D eigenvalue weighted by Crippen LogP contribution is 2.17. The van der Waals surface area contributed by atoms with Crippen molar-refractivity contribution in [1.82, 2.24) is 5.32 Å². The largest absolute Gasteiger partial charge is 0.484 e. The van der Waals surface area contributed by atoms with E-state index >= 15 is 0 Å². The average Bonchev–Trinajstić information content (AvgIpc) is 2.62. The highest BCUT2D eigenvalue weighted by Gasteiger charge is 2.23. The van der Waals surface area contributed by atoms with Gasteiger partial charge in [0, 0.05) is 5.69 Å². The van der Waals surface area contributed by atoms with Gasteiger partial charge < -0.3 is 14.8 Å². The second kappa shape index (κ2) is 9.07. The maximum Gasteiger partial charge on any atom is 0.411 e. The third-order valence-corrected chi connectivity index (χ3v) is 3.78. The number of hydrogen-bond donors (Lipinski definition) is 2. The summed E-state index contributed by atoms with van der Waals surface area (Å²) in [4.78, 5) is 24.1. The fourth-order valence-corrected chi connectivity index (χ4v) is 2.38. The third kappa shape index (κ3) is 7.01. The summed E-state index contributed by atoms with van der Waals surface area (Å²) in [5.41, 5.74) is 1.97. The molecule has 2 N–H and O–H groups in total. The molecule has 144 valence electrons. The minimum atomic E-state index is -0.726. The topological polar surface area (TPSA) is 76.7 Å². The van der Waals surface area contributed by atoms with Crippen molar-refractivity contribution in [1.29, 1.82) is 0 Å². The first-order valence-electron chi connectivity index (χ1n) is 8.75. The summed E-state index contributed by atoms with van der Waals surface area (Å²) in [5, 5.41) is 5.52. The van der Waals surface area contributed by atoms with E-state index in [0.717, 1.165) is 11.1 Å². The summed E-state index contributed by atoms with van der Waals surface area (Å²) in [6.45, 7) is 7.33. The van der Waals surface area contributed by atoms with Gasteiger partial charge in [0.15, 0.2) is 6.61 Å². The number of ether oxygens (including phenoxy) is 2. The van der Waals surface area contributed by atoms with Gasteiger partial charge in [-0.3, -0.25) is 10.1 Å². The summed E-state index contributed by atoms with van der Waals surface area (Å²) >= 11 is 0. The Kier molecular flexibility index (Phi) is 6.82. The number of amides is 2. The quantitative estimate of drug-likeness (QED) is 0.777. The zero-order valence-electron chi connectivity index (χ0n) is 16.2. The maximum atomic E-state index is 12.1. The van der Waals surface area contributed by atoms with Crippen LogP contribution in [0.3, 0.4) is 0 Å². The molecule has 0 heterocycles. The summed E-state index contributed by atoms with van der Waals surface area (Å²) in [7, 11) is 0. The molecule has 2 aromatic carbocycles. The highest BCUT2D eigenvalue weighted by molar-refractivity contribution is 5.86. The molecule has 6 nitrogen and oxygen atoms in total. The van der Waals surface area contributed by atoms with Gasteiger partial charge in [0.05, 0.1) is 5.54 Å². The standard InChI is InChI=1S/C21H26N2O4/c1-15-10-11-16(2)18(12-15)22-20(25)27-14-21(3,4)23-19(24)13-26-17-8-6-5-7-9-17/h5-12H,13-14H2,1-4H3,(H,22,25)(H,23,24). The van der Waals surface area contributed by atoms with Crippen LogP contribution < -0.4 is 15.4 Å². The molecular weight excluding hydrogens is 344 g/mol. The predicted octanol–water partition coefficient (Wildman–Crippen LogP) is 3.83. The molecule has 0 aliphatic rings. The van der Waals surface area contributed by atoms with E-state index in [1.165, 1.54) is 0 Å². The molecule has 27 heavy (non-hydrogen) atoms. The Morgan fingerprint density at radius 2 is 1.74 bits per heavy atom. The Morgan fingerprint density at radius 3 is 2.44 bits per heavy atom. The van der Waals surface area contributed by atoms with Gasteiger partial charge >= 0.3 is 6.09 Å². The molecule has 0 spiro atoms. The van der Waals surface area contributed by atoms with Crippen LogP contribution in [0.2, 0.25) is 0 Å². The zero-order chi connectivity index (χ0) is 19.9. The van der Waals surface area contributed by atoms with Gasteiger partial charge in [0.2, 0.25) is 0 Å². The lowest BCUT2D eigenvalue weighted by Gasteiger charge is -2.26. The Balaban J connectivity index is 1.78. The lowest BCUT2D eigenvalue weighted by atomic mass is 10.1. The minimum Gasteiger partial charge on any atom is -0.484 e. The number of hydrogen-bond acceptors (Lipinski definition) is 4. The van der Waals surface area contributed by atoms with Crippen LogP contribution in [0.25, 0.3) is 0 Å². The van der Waals surface area contributed by atoms with Crippen LogP contribution in [-0.4, -0.2) is 30.8 Å². The van der Waals surface area contributed by atoms with Crippen molar-refractivity contribution in [3.05, 3.63) is 59.7 Å². The van der Waals surface area contributed by atoms with Crippen molar-refractivity contribution in [2.24, 2.45) is 0 Å². The monoisotopic (exact) mass is 370 g/mol. The average molecular weight is 370 g/mol. The molecule has 0 bridgehead atoms. The fourth-order valence-electron chi connectivity index (χ4n) is 2.38. The van der Waals surface area contributed by atoms with Gasteiger partial charge in [-0.1, -0.05) is 30.3 Å². The smallest absolute Gasteiger partial charge is 0.411 e. The molecule has 0 aliphatic heterocycles. The Labute approximate surface area is 159 Å². The molecule has 0 aromatic heterocycles. The van der Waals surface area contributed by atoms with E-state index in [2.05, 4.69) is 10.6 Å². The molecular formula is C21H26N2O4. The van der Waals surface area contributed by atoms with Gasteiger partial charge in [0.1, 0.15) is 12.4 Å². The normalized spacial score (nSPS) is 10.8. The first kappa shape index (κ1) is 20.3. The van der Waals surface area contributed by atoms with E-state index in [1.807, 2.05) is 50.2 Å². The van der Waals surface area contributed by atoms with Crippen LogP contribution in [0, 0.1) is 13.8 Å². The van der Waals surface area contributed by atoms with E-state index < -0.39 is 11.6 Å². The van der Waals surface area contributed by atoms with E-state index in [-0.39, 0.29) is 19.1 Å². The Morgan fingerprint density at radius 1 is 1.04 bits per heavy atom. The summed E-state index contributed by atoms with van der Waals surface area (Å²) < 4.78 is 10.7. The lowest BCUT2D eigenvalue weighted by molar-refractivity contribution is -0.125. The number of nitrogens with one attached hydrogen (secondary N) is 2. The lowest BCUT2D eigenvalue weighted by Crippen LogP contribution is -2.49. The second-order valence-electron chi connectivity index (χ2n) is 7.05. The number of carbonyl (C=O) groups is 2. The van der Waals surface area contributed by atoms with E-state index in [4.69, 9.17) is 9.47 Å². The molecule has 0 saturated heterocycles. The van der Waals surface area contributed by atoms with Crippen molar-refractivity contribution >= 4 is 17.7 Å². The van der Waals surface area contributed by atoms with Gasteiger partial charge in [0.25, 0.3) is 5.91 Å². The number of para-hydroxylation sites is 1. The summed E-state index contributed by atoms with van der Waals surface area (Å²) in [6.07, 6.45) is -0.563. The van der Waals surface area contributed by atoms with Crippen molar-refractivity contribution in [3.8, 4) is 5.75 Å². The molecule has 0 aliphatic carbocycles. The Hall–Kier alpha value is -3.02. The van der Waals surface area contributed by atoms with Crippen LogP contribution in [0.15, 0.2) is 48.5 Å². The van der Waals surface area contributed by atoms with Gasteiger partial charge in [-0.05, 0) is 57.0 Å². The molecule has 0 atom stereocenters. The van der Waals surface area contributed by atoms with Crippen LogP contribution in [0.5, 0.6) is 5.75 Å². The maximum absolute atomic E-state index is 12.1. The number of benzene rings is 2. The first-order valence-corrected chi connectivity index (χ1v) is 8.75. The molecule has 2 rings (SSSR count). The number of rotatable bonds is 7. The minimum absolute atomic E-state index is 0.0285. The van der Waals surface area contributed by atoms with E-state index in [9.17, 15) is 9.59 Å². The summed E-state index contributed by atoms with van der Waals surface area (Å²) in [5.74, 6) is 0.331. The first-order chi connectivity index (χ1) is 12.7. The molecule has 0 unspecified atom stereocenters. The molecule has 2 amide bonds. The van der Waals surface area contributed by atoms with Crippen molar-refractivity contribution in [2.75, 3.05) is 18.5 Å². The fraction of sp³-hybridized carbons (Fsp3) is 0.333. The highest BCUT2D eigenvalue weighted by atomic mass is 16.5. The third-order valence-electron chi connectivity index (χ3n) is 3.78. The molecule has 6 heteroatoms. The van der Waals surface area contributed by atoms with Crippen LogP contribution in [0.4, 0.5) is 10.5 Å². The van der Waals surface area contributed by atoms with Gasteiger partial charge in [-0.25, -0.2) is 4.79 Å². The van der Waals surface area contributed by atoms with E-state index in [1.54, 1.807) is 26.0 Å². The number of anilines is 1. The van der Waals surface area contributed by atoms with Crippen LogP contribution in [-0.2, 0) is 9.53 Å². The number of aryl methyl sites for hydroxylation is 2. The van der Waals surface area contributed by atoms with E-state index in [0.29, 0.717) is 11.4 Å². The molecule has 2 aromatic rings. The van der Waals surface area contributed by atoms with Crippen LogP contribution >= 0.6 is 0 Å². The van der Waals surface area contributed by atoms with Crippen molar-refractivity contribution < 1.29 is 19.1 Å². The molecule has 0 saturated carbocycles. The van der Waals surface area contributed by atoms with Gasteiger partial charge in [-0.15, -0.1) is 0 Å². The summed E-state index contributed by atoms with van der Waals surface area (Å²) in [6, 6.07) is 14.9. The van der Waals surface area contributed by atoms with Crippen molar-refractivity contribution in [2.45, 2.75) is 33.2 Å². The SMILES string of the molecule is Cc1ccc(C)c(NC(=O)OCC(C)(C)NC(=O)COc2ccccc2)c1.